The van der Waals surface area contributed by atoms with Gasteiger partial charge in [0.2, 0.25) is 0 Å². The number of aryl methyl sites for hydroxylation is 1. The molecule has 0 saturated carbocycles. The second-order valence-electron chi connectivity index (χ2n) is 2.73. The van der Waals surface area contributed by atoms with Crippen LogP contribution in [0.3, 0.4) is 0 Å². The van der Waals surface area contributed by atoms with Crippen LogP contribution in [0.25, 0.3) is 10.4 Å². The lowest BCUT2D eigenvalue weighted by molar-refractivity contribution is 1.27. The lowest BCUT2D eigenvalue weighted by Crippen LogP contribution is -1.78. The Hall–Kier alpha value is -1.15. The Morgan fingerprint density at radius 2 is 2.25 bits per heavy atom. The van der Waals surface area contributed by atoms with Gasteiger partial charge in [-0.15, -0.1) is 11.3 Å². The number of aromatic nitrogens is 1. The van der Waals surface area contributed by atoms with Gasteiger partial charge in [0.25, 0.3) is 0 Å². The van der Waals surface area contributed by atoms with E-state index >= 15 is 0 Å². The van der Waals surface area contributed by atoms with Crippen LogP contribution in [0, 0.1) is 6.92 Å². The van der Waals surface area contributed by atoms with Crippen LogP contribution < -0.4 is 0 Å². The Bertz CT molecular complexity index is 365. The summed E-state index contributed by atoms with van der Waals surface area (Å²) in [6, 6.07) is 6.32. The van der Waals surface area contributed by atoms with Crippen LogP contribution in [0.4, 0.5) is 0 Å². The maximum atomic E-state index is 4.15. The fraction of sp³-hybridized carbons (Fsp3) is 0.100. The molecule has 2 rings (SSSR count). The van der Waals surface area contributed by atoms with Crippen LogP contribution in [-0.2, 0) is 0 Å². The minimum atomic E-state index is 1.21. The first-order chi connectivity index (χ1) is 5.86. The lowest BCUT2D eigenvalue weighted by atomic mass is 10.2. The first-order valence-electron chi connectivity index (χ1n) is 3.82. The van der Waals surface area contributed by atoms with Crippen molar-refractivity contribution in [3.05, 3.63) is 41.5 Å². The molecule has 0 N–H and O–H groups in total. The van der Waals surface area contributed by atoms with Crippen molar-refractivity contribution in [1.82, 2.24) is 4.98 Å². The number of nitrogens with zero attached hydrogens (tertiary/aromatic N) is 1. The van der Waals surface area contributed by atoms with Crippen molar-refractivity contribution >= 4 is 11.3 Å². The number of thiophene rings is 1. The summed E-state index contributed by atoms with van der Waals surface area (Å²) in [5, 5.41) is 2.08. The zero-order chi connectivity index (χ0) is 8.39. The van der Waals surface area contributed by atoms with Crippen molar-refractivity contribution in [1.29, 1.82) is 0 Å². The van der Waals surface area contributed by atoms with Crippen molar-refractivity contribution in [2.24, 2.45) is 0 Å². The number of hydrogen-bond acceptors (Lipinski definition) is 2. The first kappa shape index (κ1) is 7.50. The predicted octanol–water partition coefficient (Wildman–Crippen LogP) is 3.12. The van der Waals surface area contributed by atoms with E-state index in [2.05, 4.69) is 35.5 Å². The van der Waals surface area contributed by atoms with Crippen molar-refractivity contribution in [2.75, 3.05) is 0 Å². The van der Waals surface area contributed by atoms with Gasteiger partial charge < -0.3 is 0 Å². The van der Waals surface area contributed by atoms with Gasteiger partial charge in [0.15, 0.2) is 0 Å². The summed E-state index contributed by atoms with van der Waals surface area (Å²) in [4.78, 5) is 5.43. The van der Waals surface area contributed by atoms with Crippen molar-refractivity contribution in [2.45, 2.75) is 6.92 Å². The third-order valence-electron chi connectivity index (χ3n) is 1.68. The van der Waals surface area contributed by atoms with E-state index in [1.54, 1.807) is 11.3 Å². The Morgan fingerprint density at radius 3 is 2.92 bits per heavy atom. The lowest BCUT2D eigenvalue weighted by Gasteiger charge is -1.96. The summed E-state index contributed by atoms with van der Waals surface area (Å²) in [6.45, 7) is 2.06. The molecule has 2 aromatic heterocycles. The molecule has 0 aromatic carbocycles. The van der Waals surface area contributed by atoms with Crippen LogP contribution in [0.5, 0.6) is 0 Å². The molecule has 0 radical (unpaired) electrons. The van der Waals surface area contributed by atoms with Crippen LogP contribution in [0.15, 0.2) is 36.0 Å². The predicted molar refractivity (Wildman–Crippen MR) is 52.3 cm³/mol. The second kappa shape index (κ2) is 3.07. The Labute approximate surface area is 75.7 Å². The Kier molecular flexibility index (Phi) is 1.92. The molecule has 2 heteroatoms. The summed E-state index contributed by atoms with van der Waals surface area (Å²) < 4.78 is 0. The van der Waals surface area contributed by atoms with E-state index in [1.807, 2.05) is 12.4 Å². The van der Waals surface area contributed by atoms with E-state index in [1.165, 1.54) is 16.0 Å². The molecular formula is C10H9NS. The largest absolute Gasteiger partial charge is 0.264 e. The maximum absolute atomic E-state index is 4.15. The van der Waals surface area contributed by atoms with Gasteiger partial charge >= 0.3 is 0 Å². The molecule has 0 fully saturated rings. The average molecular weight is 175 g/mol. The fourth-order valence-corrected chi connectivity index (χ4v) is 1.84. The van der Waals surface area contributed by atoms with E-state index < -0.39 is 0 Å². The molecule has 60 valence electrons. The zero-order valence-electron chi connectivity index (χ0n) is 6.82. The molecule has 2 aromatic rings. The normalized spacial score (nSPS) is 10.1. The Balaban J connectivity index is 2.48. The molecule has 0 spiro atoms. The number of rotatable bonds is 1. The zero-order valence-corrected chi connectivity index (χ0v) is 7.64. The van der Waals surface area contributed by atoms with Crippen LogP contribution >= 0.6 is 11.3 Å². The molecule has 0 amide bonds. The first-order valence-corrected chi connectivity index (χ1v) is 4.70. The van der Waals surface area contributed by atoms with Gasteiger partial charge in [-0.05, 0) is 30.0 Å². The third-order valence-corrected chi connectivity index (χ3v) is 2.60. The average Bonchev–Trinajstić information content (AvgIpc) is 2.56. The standard InChI is InChI=1S/C10H9NS/c1-8-5-9(7-11-6-8)10-3-2-4-12-10/h2-7H,1H3. The van der Waals surface area contributed by atoms with Gasteiger partial charge in [0, 0.05) is 22.8 Å². The van der Waals surface area contributed by atoms with E-state index in [-0.39, 0.29) is 0 Å². The highest BCUT2D eigenvalue weighted by Crippen LogP contribution is 2.23. The molecule has 0 atom stereocenters. The van der Waals surface area contributed by atoms with Gasteiger partial charge in [-0.2, -0.15) is 0 Å². The number of hydrogen-bond donors (Lipinski definition) is 0. The second-order valence-corrected chi connectivity index (χ2v) is 3.68. The molecular weight excluding hydrogens is 166 g/mol. The van der Waals surface area contributed by atoms with Crippen LogP contribution in [-0.4, -0.2) is 4.98 Å². The molecule has 0 unspecified atom stereocenters. The fourth-order valence-electron chi connectivity index (χ4n) is 1.13. The van der Waals surface area contributed by atoms with Gasteiger partial charge in [-0.3, -0.25) is 4.98 Å². The van der Waals surface area contributed by atoms with Crippen molar-refractivity contribution < 1.29 is 0 Å². The summed E-state index contributed by atoms with van der Waals surface area (Å²) >= 11 is 1.74. The third kappa shape index (κ3) is 1.38. The van der Waals surface area contributed by atoms with Crippen LogP contribution in [0.1, 0.15) is 5.56 Å². The highest BCUT2D eigenvalue weighted by molar-refractivity contribution is 7.13. The monoisotopic (exact) mass is 175 g/mol. The summed E-state index contributed by atoms with van der Waals surface area (Å²) in [6.07, 6.45) is 3.77. The molecule has 0 bridgehead atoms. The van der Waals surface area contributed by atoms with E-state index in [4.69, 9.17) is 0 Å². The molecule has 0 saturated heterocycles. The highest BCUT2D eigenvalue weighted by Gasteiger charge is 1.97. The van der Waals surface area contributed by atoms with Gasteiger partial charge in [-0.1, -0.05) is 6.07 Å². The van der Waals surface area contributed by atoms with E-state index in [0.29, 0.717) is 0 Å². The Morgan fingerprint density at radius 1 is 1.33 bits per heavy atom. The SMILES string of the molecule is Cc1cncc(-c2cccs2)c1. The summed E-state index contributed by atoms with van der Waals surface area (Å²) in [5.41, 5.74) is 2.42. The molecule has 2 heterocycles. The quantitative estimate of drug-likeness (QED) is 0.649. The minimum absolute atomic E-state index is 1.21. The topological polar surface area (TPSA) is 12.9 Å². The van der Waals surface area contributed by atoms with E-state index in [0.717, 1.165) is 0 Å². The minimum Gasteiger partial charge on any atom is -0.264 e. The molecule has 0 aliphatic rings. The van der Waals surface area contributed by atoms with Crippen molar-refractivity contribution in [3.8, 4) is 10.4 Å². The van der Waals surface area contributed by atoms with Gasteiger partial charge in [0.1, 0.15) is 0 Å². The molecule has 0 aliphatic heterocycles. The van der Waals surface area contributed by atoms with Gasteiger partial charge in [-0.25, -0.2) is 0 Å². The smallest absolute Gasteiger partial charge is 0.0358 e. The molecule has 1 nitrogen and oxygen atoms in total. The van der Waals surface area contributed by atoms with E-state index in [9.17, 15) is 0 Å². The summed E-state index contributed by atoms with van der Waals surface area (Å²) in [5.74, 6) is 0. The molecule has 0 aliphatic carbocycles. The van der Waals surface area contributed by atoms with Crippen molar-refractivity contribution in [3.63, 3.8) is 0 Å². The molecule has 12 heavy (non-hydrogen) atoms. The maximum Gasteiger partial charge on any atom is 0.0358 e. The highest BCUT2D eigenvalue weighted by atomic mass is 32.1. The van der Waals surface area contributed by atoms with Crippen LogP contribution in [0.2, 0.25) is 0 Å². The van der Waals surface area contributed by atoms with Gasteiger partial charge in [0.05, 0.1) is 0 Å². The number of pyridine rings is 1. The summed E-state index contributed by atoms with van der Waals surface area (Å²) in [7, 11) is 0.